The van der Waals surface area contributed by atoms with Gasteiger partial charge in [0.05, 0.1) is 13.7 Å². The van der Waals surface area contributed by atoms with E-state index >= 15 is 0 Å². The average molecular weight is 263 g/mol. The predicted octanol–water partition coefficient (Wildman–Crippen LogP) is 2.28. The van der Waals surface area contributed by atoms with Crippen LogP contribution in [0.15, 0.2) is 18.2 Å². The summed E-state index contributed by atoms with van der Waals surface area (Å²) in [6.07, 6.45) is 2.02. The number of ketones is 1. The van der Waals surface area contributed by atoms with Gasteiger partial charge < -0.3 is 14.8 Å². The molecule has 1 aliphatic rings. The lowest BCUT2D eigenvalue weighted by Crippen LogP contribution is -2.34. The molecule has 0 bridgehead atoms. The molecule has 104 valence electrons. The first-order valence-electron chi connectivity index (χ1n) is 6.82. The fourth-order valence-corrected chi connectivity index (χ4v) is 2.41. The Bertz CT molecular complexity index is 439. The molecule has 0 radical (unpaired) electrons. The van der Waals surface area contributed by atoms with E-state index in [1.807, 2.05) is 19.1 Å². The summed E-state index contributed by atoms with van der Waals surface area (Å²) >= 11 is 0. The molecule has 1 heterocycles. The summed E-state index contributed by atoms with van der Waals surface area (Å²) < 4.78 is 10.7. The average Bonchev–Trinajstić information content (AvgIpc) is 2.48. The van der Waals surface area contributed by atoms with Gasteiger partial charge in [0.25, 0.3) is 0 Å². The van der Waals surface area contributed by atoms with Crippen molar-refractivity contribution >= 4 is 5.78 Å². The van der Waals surface area contributed by atoms with Crippen LogP contribution >= 0.6 is 0 Å². The Hall–Kier alpha value is -1.55. The van der Waals surface area contributed by atoms with Gasteiger partial charge in [0.1, 0.15) is 0 Å². The van der Waals surface area contributed by atoms with Crippen molar-refractivity contribution in [1.29, 1.82) is 0 Å². The zero-order valence-electron chi connectivity index (χ0n) is 11.6. The number of carbonyl (C=O) groups excluding carboxylic acids is 1. The zero-order chi connectivity index (χ0) is 13.7. The molecule has 2 rings (SSSR count). The third-order valence-corrected chi connectivity index (χ3v) is 3.42. The number of hydrogen-bond donors (Lipinski definition) is 1. The van der Waals surface area contributed by atoms with Crippen molar-refractivity contribution in [2.24, 2.45) is 5.92 Å². The first-order chi connectivity index (χ1) is 9.26. The van der Waals surface area contributed by atoms with E-state index in [4.69, 9.17) is 9.47 Å². The summed E-state index contributed by atoms with van der Waals surface area (Å²) in [5, 5.41) is 3.27. The van der Waals surface area contributed by atoms with Crippen molar-refractivity contribution in [2.45, 2.75) is 19.8 Å². The highest BCUT2D eigenvalue weighted by Gasteiger charge is 2.23. The molecule has 1 N–H and O–H groups in total. The Morgan fingerprint density at radius 3 is 2.89 bits per heavy atom. The van der Waals surface area contributed by atoms with Crippen LogP contribution < -0.4 is 14.8 Å². The summed E-state index contributed by atoms with van der Waals surface area (Å²) in [6, 6.07) is 5.41. The number of benzene rings is 1. The molecule has 1 saturated heterocycles. The molecule has 0 saturated carbocycles. The van der Waals surface area contributed by atoms with Gasteiger partial charge in [-0.25, -0.2) is 0 Å². The molecule has 0 spiro atoms. The van der Waals surface area contributed by atoms with Crippen LogP contribution in [0, 0.1) is 5.92 Å². The van der Waals surface area contributed by atoms with E-state index in [1.54, 1.807) is 13.2 Å². The van der Waals surface area contributed by atoms with Crippen LogP contribution in [0.5, 0.6) is 11.5 Å². The van der Waals surface area contributed by atoms with Gasteiger partial charge in [0.2, 0.25) is 0 Å². The highest BCUT2D eigenvalue weighted by atomic mass is 16.5. The van der Waals surface area contributed by atoms with Crippen molar-refractivity contribution < 1.29 is 14.3 Å². The van der Waals surface area contributed by atoms with E-state index in [1.165, 1.54) is 0 Å². The molecule has 1 fully saturated rings. The van der Waals surface area contributed by atoms with Crippen LogP contribution in [0.25, 0.3) is 0 Å². The second-order valence-electron chi connectivity index (χ2n) is 4.71. The molecule has 1 unspecified atom stereocenters. The second-order valence-corrected chi connectivity index (χ2v) is 4.71. The van der Waals surface area contributed by atoms with Gasteiger partial charge in [-0.3, -0.25) is 4.79 Å². The molecule has 4 heteroatoms. The first kappa shape index (κ1) is 13.9. The Balaban J connectivity index is 2.17. The number of rotatable bonds is 5. The topological polar surface area (TPSA) is 47.6 Å². The van der Waals surface area contributed by atoms with Gasteiger partial charge in [-0.1, -0.05) is 0 Å². The maximum absolute atomic E-state index is 12.4. The summed E-state index contributed by atoms with van der Waals surface area (Å²) in [6.45, 7) is 4.28. The van der Waals surface area contributed by atoms with Gasteiger partial charge in [-0.2, -0.15) is 0 Å². The third-order valence-electron chi connectivity index (χ3n) is 3.42. The first-order valence-corrected chi connectivity index (χ1v) is 6.82. The highest BCUT2D eigenvalue weighted by Crippen LogP contribution is 2.29. The molecule has 1 aromatic carbocycles. The van der Waals surface area contributed by atoms with Gasteiger partial charge in [0, 0.05) is 18.0 Å². The molecule has 1 aliphatic heterocycles. The molecule has 19 heavy (non-hydrogen) atoms. The van der Waals surface area contributed by atoms with Crippen molar-refractivity contribution in [2.75, 3.05) is 26.8 Å². The maximum atomic E-state index is 12.4. The van der Waals surface area contributed by atoms with Gasteiger partial charge >= 0.3 is 0 Å². The van der Waals surface area contributed by atoms with Crippen molar-refractivity contribution in [1.82, 2.24) is 5.32 Å². The fourth-order valence-electron chi connectivity index (χ4n) is 2.41. The molecule has 1 atom stereocenters. The molecular formula is C15H21NO3. The number of piperidine rings is 1. The van der Waals surface area contributed by atoms with Crippen LogP contribution in [-0.4, -0.2) is 32.6 Å². The maximum Gasteiger partial charge on any atom is 0.167 e. The summed E-state index contributed by atoms with van der Waals surface area (Å²) in [4.78, 5) is 12.4. The molecule has 1 aromatic rings. The van der Waals surface area contributed by atoms with E-state index in [0.29, 0.717) is 23.7 Å². The van der Waals surface area contributed by atoms with Crippen LogP contribution in [0.2, 0.25) is 0 Å². The zero-order valence-corrected chi connectivity index (χ0v) is 11.6. The van der Waals surface area contributed by atoms with Gasteiger partial charge in [0.15, 0.2) is 17.3 Å². The third kappa shape index (κ3) is 3.26. The number of methoxy groups -OCH3 is 1. The van der Waals surface area contributed by atoms with Gasteiger partial charge in [-0.05, 0) is 44.5 Å². The number of Topliss-reactive ketones (excluding diaryl/α,β-unsaturated/α-hetero) is 1. The summed E-state index contributed by atoms with van der Waals surface area (Å²) in [5.74, 6) is 1.57. The number of carbonyl (C=O) groups is 1. The normalized spacial score (nSPS) is 18.9. The molecule has 0 aliphatic carbocycles. The molecule has 0 amide bonds. The van der Waals surface area contributed by atoms with Crippen molar-refractivity contribution in [3.8, 4) is 11.5 Å². The van der Waals surface area contributed by atoms with E-state index in [0.717, 1.165) is 25.9 Å². The van der Waals surface area contributed by atoms with E-state index < -0.39 is 0 Å². The second kappa shape index (κ2) is 6.57. The fraction of sp³-hybridized carbons (Fsp3) is 0.533. The minimum Gasteiger partial charge on any atom is -0.493 e. The highest BCUT2D eigenvalue weighted by molar-refractivity contribution is 5.98. The lowest BCUT2D eigenvalue weighted by Gasteiger charge is -2.21. The summed E-state index contributed by atoms with van der Waals surface area (Å²) in [7, 11) is 1.59. The minimum absolute atomic E-state index is 0.0800. The monoisotopic (exact) mass is 263 g/mol. The Labute approximate surface area is 114 Å². The Kier molecular flexibility index (Phi) is 4.80. The lowest BCUT2D eigenvalue weighted by atomic mass is 9.91. The van der Waals surface area contributed by atoms with E-state index in [2.05, 4.69) is 5.32 Å². The lowest BCUT2D eigenvalue weighted by molar-refractivity contribution is 0.0899. The number of nitrogens with one attached hydrogen (secondary N) is 1. The van der Waals surface area contributed by atoms with Crippen molar-refractivity contribution in [3.63, 3.8) is 0 Å². The largest absolute Gasteiger partial charge is 0.493 e. The number of hydrogen-bond acceptors (Lipinski definition) is 4. The van der Waals surface area contributed by atoms with Crippen LogP contribution in [0.3, 0.4) is 0 Å². The standard InChI is InChI=1S/C15H21NO3/c1-3-19-13-7-6-11(9-14(13)18-2)15(17)12-5-4-8-16-10-12/h6-7,9,12,16H,3-5,8,10H2,1-2H3. The smallest absolute Gasteiger partial charge is 0.167 e. The van der Waals surface area contributed by atoms with Crippen molar-refractivity contribution in [3.05, 3.63) is 23.8 Å². The predicted molar refractivity (Wildman–Crippen MR) is 74.1 cm³/mol. The van der Waals surface area contributed by atoms with Gasteiger partial charge in [-0.15, -0.1) is 0 Å². The SMILES string of the molecule is CCOc1ccc(C(=O)C2CCCNC2)cc1OC. The Morgan fingerprint density at radius 1 is 1.42 bits per heavy atom. The Morgan fingerprint density at radius 2 is 2.26 bits per heavy atom. The van der Waals surface area contributed by atoms with Crippen LogP contribution in [0.4, 0.5) is 0 Å². The minimum atomic E-state index is 0.0800. The molecule has 4 nitrogen and oxygen atoms in total. The molecular weight excluding hydrogens is 242 g/mol. The van der Waals surface area contributed by atoms with Crippen LogP contribution in [0.1, 0.15) is 30.1 Å². The quantitative estimate of drug-likeness (QED) is 0.828. The van der Waals surface area contributed by atoms with Crippen LogP contribution in [-0.2, 0) is 0 Å². The summed E-state index contributed by atoms with van der Waals surface area (Å²) in [5.41, 5.74) is 0.703. The number of ether oxygens (including phenoxy) is 2. The van der Waals surface area contributed by atoms with E-state index in [9.17, 15) is 4.79 Å². The molecule has 0 aromatic heterocycles. The van der Waals surface area contributed by atoms with E-state index in [-0.39, 0.29) is 11.7 Å².